The fourth-order valence-electron chi connectivity index (χ4n) is 4.68. The van der Waals surface area contributed by atoms with Crippen molar-refractivity contribution in [3.05, 3.63) is 95.1 Å². The third kappa shape index (κ3) is 4.23. The van der Waals surface area contributed by atoms with Gasteiger partial charge in [-0.2, -0.15) is 5.10 Å². The average Bonchev–Trinajstić information content (AvgIpc) is 3.38. The van der Waals surface area contributed by atoms with Crippen molar-refractivity contribution in [2.45, 2.75) is 25.8 Å². The molecule has 0 bridgehead atoms. The summed E-state index contributed by atoms with van der Waals surface area (Å²) in [7, 11) is 0. The van der Waals surface area contributed by atoms with Crippen molar-refractivity contribution in [3.63, 3.8) is 0 Å². The number of anilines is 2. The van der Waals surface area contributed by atoms with Gasteiger partial charge in [0.25, 0.3) is 5.91 Å². The second-order valence-corrected chi connectivity index (χ2v) is 9.78. The predicted molar refractivity (Wildman–Crippen MR) is 140 cm³/mol. The quantitative estimate of drug-likeness (QED) is 0.328. The maximum absolute atomic E-state index is 14.4. The summed E-state index contributed by atoms with van der Waals surface area (Å²) in [6, 6.07) is 12.3. The number of amides is 2. The first kappa shape index (κ1) is 25.2. The lowest BCUT2D eigenvalue weighted by Crippen LogP contribution is -2.29. The van der Waals surface area contributed by atoms with Gasteiger partial charge in [-0.3, -0.25) is 9.59 Å². The summed E-state index contributed by atoms with van der Waals surface area (Å²) in [5, 5.41) is 10.3. The minimum Gasteiger partial charge on any atom is -0.320 e. The number of pyridine rings is 1. The first-order valence-corrected chi connectivity index (χ1v) is 12.2. The Morgan fingerprint density at radius 1 is 1.02 bits per heavy atom. The third-order valence-electron chi connectivity index (χ3n) is 6.67. The molecule has 2 aromatic carbocycles. The lowest BCUT2D eigenvalue weighted by atomic mass is 9.85. The molecule has 0 aliphatic carbocycles. The van der Waals surface area contributed by atoms with Crippen molar-refractivity contribution in [2.24, 2.45) is 0 Å². The van der Waals surface area contributed by atoms with E-state index < -0.39 is 34.7 Å². The summed E-state index contributed by atoms with van der Waals surface area (Å²) in [6.45, 7) is 3.28. The van der Waals surface area contributed by atoms with E-state index in [9.17, 15) is 22.8 Å². The Kier molecular flexibility index (Phi) is 5.82. The van der Waals surface area contributed by atoms with Crippen LogP contribution in [0.25, 0.3) is 22.6 Å². The van der Waals surface area contributed by atoms with Crippen LogP contribution in [0.2, 0.25) is 0 Å². The Morgan fingerprint density at radius 2 is 1.77 bits per heavy atom. The van der Waals surface area contributed by atoms with E-state index in [1.54, 1.807) is 50.4 Å². The van der Waals surface area contributed by atoms with Crippen LogP contribution in [0.1, 0.15) is 35.5 Å². The van der Waals surface area contributed by atoms with E-state index >= 15 is 0 Å². The molecule has 12 heteroatoms. The van der Waals surface area contributed by atoms with Crippen LogP contribution in [0.4, 0.5) is 24.7 Å². The van der Waals surface area contributed by atoms with Crippen molar-refractivity contribution in [3.8, 4) is 11.5 Å². The van der Waals surface area contributed by atoms with Gasteiger partial charge in [-0.15, -0.1) is 0 Å². The highest BCUT2D eigenvalue weighted by Gasteiger charge is 2.44. The van der Waals surface area contributed by atoms with Crippen molar-refractivity contribution in [1.29, 1.82) is 0 Å². The third-order valence-corrected chi connectivity index (χ3v) is 6.67. The van der Waals surface area contributed by atoms with E-state index in [1.807, 2.05) is 0 Å². The molecule has 3 aromatic heterocycles. The maximum Gasteiger partial charge on any atom is 0.274 e. The smallest absolute Gasteiger partial charge is 0.274 e. The van der Waals surface area contributed by atoms with Gasteiger partial charge in [0, 0.05) is 29.1 Å². The van der Waals surface area contributed by atoms with Crippen molar-refractivity contribution < 1.29 is 22.8 Å². The number of fused-ring (bicyclic) bond motifs is 2. The molecule has 0 fully saturated rings. The topological polar surface area (TPSA) is 115 Å². The second kappa shape index (κ2) is 9.26. The number of benzene rings is 2. The van der Waals surface area contributed by atoms with Gasteiger partial charge in [-0.25, -0.2) is 32.8 Å². The predicted octanol–water partition coefficient (Wildman–Crippen LogP) is 4.84. The van der Waals surface area contributed by atoms with Gasteiger partial charge >= 0.3 is 0 Å². The fraction of sp³-hybridized carbons (Fsp3) is 0.143. The SMILES string of the molecule is CC1(C)C(=O)Nc2nc(-c3nn(Cc4ccccc4F)c4ncccc34)nc(C(=O)Nc3cc(F)cc(F)c3)c21. The van der Waals surface area contributed by atoms with Gasteiger partial charge in [0.2, 0.25) is 5.91 Å². The van der Waals surface area contributed by atoms with Gasteiger partial charge in [-0.05, 0) is 44.2 Å². The van der Waals surface area contributed by atoms with Gasteiger partial charge in [0.05, 0.1) is 17.3 Å². The van der Waals surface area contributed by atoms with Crippen LogP contribution in [0, 0.1) is 17.5 Å². The molecule has 1 aliphatic rings. The lowest BCUT2D eigenvalue weighted by Gasteiger charge is -2.18. The van der Waals surface area contributed by atoms with Crippen LogP contribution >= 0.6 is 0 Å². The summed E-state index contributed by atoms with van der Waals surface area (Å²) < 4.78 is 43.5. The van der Waals surface area contributed by atoms with E-state index in [0.717, 1.165) is 12.1 Å². The number of carbonyl (C=O) groups excluding carboxylic acids is 2. The molecule has 6 rings (SSSR count). The van der Waals surface area contributed by atoms with Gasteiger partial charge in [0.1, 0.15) is 34.7 Å². The number of carbonyl (C=O) groups is 2. The normalized spacial score (nSPS) is 13.8. The second-order valence-electron chi connectivity index (χ2n) is 9.78. The molecule has 0 unspecified atom stereocenters. The van der Waals surface area contributed by atoms with E-state index in [4.69, 9.17) is 0 Å². The number of hydrogen-bond donors (Lipinski definition) is 2. The summed E-state index contributed by atoms with van der Waals surface area (Å²) in [5.74, 6) is -3.26. The van der Waals surface area contributed by atoms with Gasteiger partial charge in [-0.1, -0.05) is 18.2 Å². The highest BCUT2D eigenvalue weighted by Crippen LogP contribution is 2.40. The summed E-state index contributed by atoms with van der Waals surface area (Å²) in [6.07, 6.45) is 1.56. The minimum absolute atomic E-state index is 0.00222. The van der Waals surface area contributed by atoms with Gasteiger partial charge in [0.15, 0.2) is 11.5 Å². The zero-order valence-corrected chi connectivity index (χ0v) is 21.2. The molecule has 5 aromatic rings. The largest absolute Gasteiger partial charge is 0.320 e. The number of nitrogens with zero attached hydrogens (tertiary/aromatic N) is 5. The van der Waals surface area contributed by atoms with E-state index in [2.05, 4.69) is 30.7 Å². The Labute approximate surface area is 225 Å². The van der Waals surface area contributed by atoms with Crippen LogP contribution < -0.4 is 10.6 Å². The Bertz CT molecular complexity index is 1830. The number of hydrogen-bond acceptors (Lipinski definition) is 6. The zero-order valence-electron chi connectivity index (χ0n) is 21.2. The molecule has 9 nitrogen and oxygen atoms in total. The van der Waals surface area contributed by atoms with Crippen molar-refractivity contribution >= 4 is 34.4 Å². The Morgan fingerprint density at radius 3 is 2.52 bits per heavy atom. The molecule has 0 saturated carbocycles. The molecule has 1 aliphatic heterocycles. The lowest BCUT2D eigenvalue weighted by molar-refractivity contribution is -0.119. The van der Waals surface area contributed by atoms with Crippen LogP contribution in [-0.2, 0) is 16.8 Å². The Balaban J connectivity index is 1.50. The first-order chi connectivity index (χ1) is 19.1. The average molecular weight is 544 g/mol. The fourth-order valence-corrected chi connectivity index (χ4v) is 4.68. The highest BCUT2D eigenvalue weighted by atomic mass is 19.1. The first-order valence-electron chi connectivity index (χ1n) is 12.2. The molecule has 200 valence electrons. The molecule has 0 atom stereocenters. The van der Waals surface area contributed by atoms with E-state index in [1.165, 1.54) is 10.7 Å². The van der Waals surface area contributed by atoms with E-state index in [0.29, 0.717) is 22.7 Å². The molecule has 0 radical (unpaired) electrons. The summed E-state index contributed by atoms with van der Waals surface area (Å²) in [5.41, 5.74) is -0.201. The minimum atomic E-state index is -1.18. The van der Waals surface area contributed by atoms with Crippen LogP contribution in [0.5, 0.6) is 0 Å². The molecular formula is C28H20F3N7O2. The maximum atomic E-state index is 14.4. The number of nitrogens with one attached hydrogen (secondary N) is 2. The Hall–Kier alpha value is -5.13. The monoisotopic (exact) mass is 543 g/mol. The summed E-state index contributed by atoms with van der Waals surface area (Å²) >= 11 is 0. The van der Waals surface area contributed by atoms with Crippen LogP contribution in [-0.4, -0.2) is 36.5 Å². The number of aromatic nitrogens is 5. The zero-order chi connectivity index (χ0) is 28.2. The van der Waals surface area contributed by atoms with Crippen LogP contribution in [0.15, 0.2) is 60.8 Å². The molecule has 0 spiro atoms. The number of rotatable bonds is 5. The molecule has 2 amide bonds. The molecule has 4 heterocycles. The standard InChI is InChI=1S/C28H20F3N7O2/c1-28(2)20-22(26(39)33-17-11-15(29)10-16(30)12-17)34-24(35-23(20)36-27(28)40)21-18-7-5-9-32-25(18)38(37-21)13-14-6-3-4-8-19(14)31/h3-12H,13H2,1-2H3,(H,33,39)(H,34,35,36,40). The van der Waals surface area contributed by atoms with Crippen LogP contribution in [0.3, 0.4) is 0 Å². The van der Waals surface area contributed by atoms with Crippen molar-refractivity contribution in [1.82, 2.24) is 24.7 Å². The van der Waals surface area contributed by atoms with Crippen molar-refractivity contribution in [2.75, 3.05) is 10.6 Å². The summed E-state index contributed by atoms with van der Waals surface area (Å²) in [4.78, 5) is 39.7. The number of halogens is 3. The highest BCUT2D eigenvalue weighted by molar-refractivity contribution is 6.12. The van der Waals surface area contributed by atoms with Gasteiger partial charge < -0.3 is 10.6 Å². The van der Waals surface area contributed by atoms with E-state index in [-0.39, 0.29) is 40.8 Å². The molecule has 0 saturated heterocycles. The molecule has 40 heavy (non-hydrogen) atoms. The molecule has 2 N–H and O–H groups in total. The molecular weight excluding hydrogens is 523 g/mol.